The van der Waals surface area contributed by atoms with Gasteiger partial charge in [-0.2, -0.15) is 13.2 Å². The van der Waals surface area contributed by atoms with Gasteiger partial charge in [0.15, 0.2) is 0 Å². The predicted octanol–water partition coefficient (Wildman–Crippen LogP) is 2.91. The van der Waals surface area contributed by atoms with Crippen molar-refractivity contribution in [3.05, 3.63) is 29.3 Å². The number of likely N-dealkylation sites (tertiary alicyclic amines) is 1. The molecule has 1 aliphatic heterocycles. The Hall–Kier alpha value is -1.80. The molecule has 2 amide bonds. The SMILES string of the molecule is CNC1CCN(C(=O)c2cc(NC(C)=O)cc(C(F)(F)F)c2)CC1.Cl. The summed E-state index contributed by atoms with van der Waals surface area (Å²) < 4.78 is 39.1. The number of alkyl halides is 3. The zero-order chi connectivity index (χ0) is 17.9. The molecule has 0 bridgehead atoms. The van der Waals surface area contributed by atoms with Crippen molar-refractivity contribution < 1.29 is 22.8 Å². The summed E-state index contributed by atoms with van der Waals surface area (Å²) in [6.45, 7) is 2.16. The average molecular weight is 380 g/mol. The predicted molar refractivity (Wildman–Crippen MR) is 91.0 cm³/mol. The van der Waals surface area contributed by atoms with Crippen LogP contribution in [0, 0.1) is 0 Å². The van der Waals surface area contributed by atoms with E-state index < -0.39 is 23.6 Å². The van der Waals surface area contributed by atoms with Crippen LogP contribution in [0.4, 0.5) is 18.9 Å². The lowest BCUT2D eigenvalue weighted by Crippen LogP contribution is -2.44. The third kappa shape index (κ3) is 5.61. The van der Waals surface area contributed by atoms with E-state index in [9.17, 15) is 22.8 Å². The van der Waals surface area contributed by atoms with Crippen LogP contribution < -0.4 is 10.6 Å². The Morgan fingerprint density at radius 2 is 1.76 bits per heavy atom. The molecule has 1 fully saturated rings. The molecule has 1 aromatic rings. The Bertz CT molecular complexity index is 630. The third-order valence-electron chi connectivity index (χ3n) is 4.02. The molecule has 140 valence electrons. The second-order valence-electron chi connectivity index (χ2n) is 5.83. The van der Waals surface area contributed by atoms with E-state index in [4.69, 9.17) is 0 Å². The first kappa shape index (κ1) is 21.2. The van der Waals surface area contributed by atoms with Crippen molar-refractivity contribution in [2.75, 3.05) is 25.5 Å². The Morgan fingerprint density at radius 1 is 1.16 bits per heavy atom. The van der Waals surface area contributed by atoms with Crippen LogP contribution in [0.25, 0.3) is 0 Å². The molecule has 2 N–H and O–H groups in total. The molecule has 0 atom stereocenters. The molecule has 1 aromatic carbocycles. The van der Waals surface area contributed by atoms with Gasteiger partial charge >= 0.3 is 6.18 Å². The summed E-state index contributed by atoms with van der Waals surface area (Å²) in [6.07, 6.45) is -3.10. The zero-order valence-electron chi connectivity index (χ0n) is 13.9. The molecular formula is C16H21ClF3N3O2. The van der Waals surface area contributed by atoms with Gasteiger partial charge in [0.2, 0.25) is 5.91 Å². The first-order chi connectivity index (χ1) is 11.2. The highest BCUT2D eigenvalue weighted by Gasteiger charge is 2.33. The highest BCUT2D eigenvalue weighted by atomic mass is 35.5. The molecule has 9 heteroatoms. The first-order valence-corrected chi connectivity index (χ1v) is 7.67. The monoisotopic (exact) mass is 379 g/mol. The van der Waals surface area contributed by atoms with E-state index in [2.05, 4.69) is 10.6 Å². The molecule has 0 aliphatic carbocycles. The highest BCUT2D eigenvalue weighted by molar-refractivity contribution is 5.97. The van der Waals surface area contributed by atoms with E-state index in [0.717, 1.165) is 25.0 Å². The number of piperidine rings is 1. The second-order valence-corrected chi connectivity index (χ2v) is 5.83. The van der Waals surface area contributed by atoms with Crippen molar-refractivity contribution in [1.82, 2.24) is 10.2 Å². The fourth-order valence-corrected chi connectivity index (χ4v) is 2.74. The van der Waals surface area contributed by atoms with Crippen molar-refractivity contribution in [1.29, 1.82) is 0 Å². The average Bonchev–Trinajstić information content (AvgIpc) is 2.52. The minimum absolute atomic E-state index is 0. The molecule has 0 aromatic heterocycles. The number of hydrogen-bond acceptors (Lipinski definition) is 3. The van der Waals surface area contributed by atoms with E-state index in [0.29, 0.717) is 19.1 Å². The van der Waals surface area contributed by atoms with Crippen LogP contribution in [0.1, 0.15) is 35.7 Å². The maximum Gasteiger partial charge on any atom is 0.416 e. The number of nitrogens with one attached hydrogen (secondary N) is 2. The Labute approximate surface area is 150 Å². The summed E-state index contributed by atoms with van der Waals surface area (Å²) in [6, 6.07) is 3.25. The van der Waals surface area contributed by atoms with Gasteiger partial charge in [-0.3, -0.25) is 9.59 Å². The number of amides is 2. The van der Waals surface area contributed by atoms with Gasteiger partial charge in [0, 0.05) is 37.3 Å². The van der Waals surface area contributed by atoms with Gasteiger partial charge in [-0.25, -0.2) is 0 Å². The molecule has 2 rings (SSSR count). The third-order valence-corrected chi connectivity index (χ3v) is 4.02. The number of anilines is 1. The van der Waals surface area contributed by atoms with E-state index in [1.807, 2.05) is 7.05 Å². The summed E-state index contributed by atoms with van der Waals surface area (Å²) in [4.78, 5) is 25.2. The molecule has 25 heavy (non-hydrogen) atoms. The van der Waals surface area contributed by atoms with Crippen molar-refractivity contribution in [3.63, 3.8) is 0 Å². The Kier molecular flexibility index (Phi) is 7.25. The summed E-state index contributed by atoms with van der Waals surface area (Å²) in [5, 5.41) is 5.44. The summed E-state index contributed by atoms with van der Waals surface area (Å²) >= 11 is 0. The van der Waals surface area contributed by atoms with Crippen molar-refractivity contribution >= 4 is 29.9 Å². The van der Waals surface area contributed by atoms with Gasteiger partial charge in [-0.05, 0) is 38.1 Å². The van der Waals surface area contributed by atoms with Gasteiger partial charge < -0.3 is 15.5 Å². The fourth-order valence-electron chi connectivity index (χ4n) is 2.74. The lowest BCUT2D eigenvalue weighted by molar-refractivity contribution is -0.137. The molecule has 1 heterocycles. The number of benzene rings is 1. The van der Waals surface area contributed by atoms with Gasteiger partial charge in [0.05, 0.1) is 5.56 Å². The van der Waals surface area contributed by atoms with Crippen LogP contribution in [-0.4, -0.2) is 42.9 Å². The molecule has 5 nitrogen and oxygen atoms in total. The lowest BCUT2D eigenvalue weighted by Gasteiger charge is -2.32. The summed E-state index contributed by atoms with van der Waals surface area (Å²) in [5.74, 6) is -0.954. The molecule has 0 spiro atoms. The van der Waals surface area contributed by atoms with E-state index in [1.54, 1.807) is 4.90 Å². The second kappa shape index (κ2) is 8.53. The van der Waals surface area contributed by atoms with Crippen LogP contribution in [0.15, 0.2) is 18.2 Å². The standard InChI is InChI=1S/C16H20F3N3O2.ClH/c1-10(23)21-14-8-11(7-12(9-14)16(17,18)19)15(24)22-5-3-13(20-2)4-6-22;/h7-9,13,20H,3-6H2,1-2H3,(H,21,23);1H. The van der Waals surface area contributed by atoms with Gasteiger partial charge in [0.1, 0.15) is 0 Å². The molecule has 0 unspecified atom stereocenters. The van der Waals surface area contributed by atoms with Crippen molar-refractivity contribution in [2.24, 2.45) is 0 Å². The number of nitrogens with zero attached hydrogens (tertiary/aromatic N) is 1. The topological polar surface area (TPSA) is 61.4 Å². The maximum atomic E-state index is 13.0. The van der Waals surface area contributed by atoms with Crippen LogP contribution in [-0.2, 0) is 11.0 Å². The molecule has 0 saturated carbocycles. The maximum absolute atomic E-state index is 13.0. The first-order valence-electron chi connectivity index (χ1n) is 7.67. The quantitative estimate of drug-likeness (QED) is 0.849. The fraction of sp³-hybridized carbons (Fsp3) is 0.500. The van der Waals surface area contributed by atoms with E-state index in [1.165, 1.54) is 13.0 Å². The van der Waals surface area contributed by atoms with Gasteiger partial charge in [0.25, 0.3) is 5.91 Å². The normalized spacial score (nSPS) is 15.5. The molecular weight excluding hydrogens is 359 g/mol. The van der Waals surface area contributed by atoms with Crippen LogP contribution >= 0.6 is 12.4 Å². The number of halogens is 4. The number of carbonyl (C=O) groups is 2. The van der Waals surface area contributed by atoms with Gasteiger partial charge in [-0.15, -0.1) is 12.4 Å². The summed E-state index contributed by atoms with van der Waals surface area (Å²) in [5.41, 5.74) is -1.07. The minimum atomic E-state index is -4.59. The Morgan fingerprint density at radius 3 is 2.24 bits per heavy atom. The lowest BCUT2D eigenvalue weighted by atomic mass is 10.0. The zero-order valence-corrected chi connectivity index (χ0v) is 14.8. The number of hydrogen-bond donors (Lipinski definition) is 2. The molecule has 1 aliphatic rings. The van der Waals surface area contributed by atoms with Gasteiger partial charge in [-0.1, -0.05) is 0 Å². The number of carbonyl (C=O) groups excluding carboxylic acids is 2. The van der Waals surface area contributed by atoms with E-state index in [-0.39, 0.29) is 23.7 Å². The number of rotatable bonds is 3. The highest BCUT2D eigenvalue weighted by Crippen LogP contribution is 2.32. The van der Waals surface area contributed by atoms with Crippen LogP contribution in [0.2, 0.25) is 0 Å². The summed E-state index contributed by atoms with van der Waals surface area (Å²) in [7, 11) is 1.84. The minimum Gasteiger partial charge on any atom is -0.339 e. The van der Waals surface area contributed by atoms with Crippen molar-refractivity contribution in [2.45, 2.75) is 32.0 Å². The smallest absolute Gasteiger partial charge is 0.339 e. The van der Waals surface area contributed by atoms with Crippen molar-refractivity contribution in [3.8, 4) is 0 Å². The largest absolute Gasteiger partial charge is 0.416 e. The Balaban J connectivity index is 0.00000312. The molecule has 0 radical (unpaired) electrons. The van der Waals surface area contributed by atoms with E-state index >= 15 is 0 Å². The molecule has 1 saturated heterocycles. The van der Waals surface area contributed by atoms with Crippen LogP contribution in [0.5, 0.6) is 0 Å². The van der Waals surface area contributed by atoms with Crippen LogP contribution in [0.3, 0.4) is 0 Å².